The van der Waals surface area contributed by atoms with Crippen LogP contribution in [-0.2, 0) is 6.42 Å². The highest BCUT2D eigenvalue weighted by atomic mass is 16.5. The lowest BCUT2D eigenvalue weighted by Crippen LogP contribution is -2.17. The van der Waals surface area contributed by atoms with Gasteiger partial charge in [-0.3, -0.25) is 0 Å². The Morgan fingerprint density at radius 3 is 2.48 bits per heavy atom. The lowest BCUT2D eigenvalue weighted by atomic mass is 10.0. The molecular formula is C19H25NO. The van der Waals surface area contributed by atoms with Crippen LogP contribution in [0.4, 0.5) is 0 Å². The molecule has 2 rings (SSSR count). The van der Waals surface area contributed by atoms with Crippen LogP contribution in [0.2, 0.25) is 0 Å². The van der Waals surface area contributed by atoms with E-state index in [2.05, 4.69) is 51.1 Å². The second-order valence-electron chi connectivity index (χ2n) is 6.13. The van der Waals surface area contributed by atoms with Gasteiger partial charge in [0.15, 0.2) is 0 Å². The lowest BCUT2D eigenvalue weighted by Gasteiger charge is -2.15. The maximum Gasteiger partial charge on any atom is 0.131 e. The highest BCUT2D eigenvalue weighted by Gasteiger charge is 2.09. The van der Waals surface area contributed by atoms with Gasteiger partial charge in [0.25, 0.3) is 0 Å². The Labute approximate surface area is 127 Å². The number of ether oxygens (including phenoxy) is 1. The largest absolute Gasteiger partial charge is 0.457 e. The number of aryl methyl sites for hydroxylation is 1. The summed E-state index contributed by atoms with van der Waals surface area (Å²) in [6.07, 6.45) is 0.863. The molecule has 1 unspecified atom stereocenters. The Hall–Kier alpha value is -1.80. The van der Waals surface area contributed by atoms with E-state index in [0.717, 1.165) is 17.9 Å². The molecule has 2 heteroatoms. The maximum atomic E-state index is 6.13. The minimum atomic E-state index is 0.158. The smallest absolute Gasteiger partial charge is 0.131 e. The van der Waals surface area contributed by atoms with Gasteiger partial charge < -0.3 is 10.5 Å². The molecule has 2 N–H and O–H groups in total. The average Bonchev–Trinajstić information content (AvgIpc) is 2.38. The first kappa shape index (κ1) is 15.6. The van der Waals surface area contributed by atoms with Gasteiger partial charge >= 0.3 is 0 Å². The third-order valence-corrected chi connectivity index (χ3v) is 3.48. The zero-order valence-electron chi connectivity index (χ0n) is 13.4. The van der Waals surface area contributed by atoms with Crippen molar-refractivity contribution in [2.75, 3.05) is 0 Å². The van der Waals surface area contributed by atoms with E-state index in [4.69, 9.17) is 10.5 Å². The van der Waals surface area contributed by atoms with Gasteiger partial charge in [-0.1, -0.05) is 38.1 Å². The number of nitrogens with two attached hydrogens (primary N) is 1. The van der Waals surface area contributed by atoms with Gasteiger partial charge in [0, 0.05) is 6.04 Å². The monoisotopic (exact) mass is 283 g/mol. The van der Waals surface area contributed by atoms with Gasteiger partial charge in [-0.15, -0.1) is 0 Å². The van der Waals surface area contributed by atoms with Gasteiger partial charge in [-0.25, -0.2) is 0 Å². The van der Waals surface area contributed by atoms with Crippen LogP contribution >= 0.6 is 0 Å². The van der Waals surface area contributed by atoms with E-state index in [9.17, 15) is 0 Å². The van der Waals surface area contributed by atoms with E-state index in [1.54, 1.807) is 0 Å². The molecule has 0 amide bonds. The zero-order valence-corrected chi connectivity index (χ0v) is 13.4. The van der Waals surface area contributed by atoms with Crippen LogP contribution < -0.4 is 10.5 Å². The van der Waals surface area contributed by atoms with Crippen LogP contribution in [0.25, 0.3) is 0 Å². The summed E-state index contributed by atoms with van der Waals surface area (Å²) in [6, 6.07) is 14.7. The van der Waals surface area contributed by atoms with E-state index >= 15 is 0 Å². The molecule has 0 heterocycles. The van der Waals surface area contributed by atoms with E-state index in [1.807, 2.05) is 19.1 Å². The summed E-state index contributed by atoms with van der Waals surface area (Å²) in [7, 11) is 0. The van der Waals surface area contributed by atoms with E-state index in [-0.39, 0.29) is 6.04 Å². The number of hydrogen-bond acceptors (Lipinski definition) is 2. The highest BCUT2D eigenvalue weighted by molar-refractivity contribution is 5.42. The van der Waals surface area contributed by atoms with Crippen molar-refractivity contribution in [1.82, 2.24) is 0 Å². The van der Waals surface area contributed by atoms with Crippen molar-refractivity contribution >= 4 is 0 Å². The fraction of sp³-hybridized carbons (Fsp3) is 0.368. The maximum absolute atomic E-state index is 6.13. The summed E-state index contributed by atoms with van der Waals surface area (Å²) in [4.78, 5) is 0. The van der Waals surface area contributed by atoms with Crippen LogP contribution in [0.5, 0.6) is 11.5 Å². The van der Waals surface area contributed by atoms with Crippen molar-refractivity contribution in [2.24, 2.45) is 5.73 Å². The Kier molecular flexibility index (Phi) is 5.03. The lowest BCUT2D eigenvalue weighted by molar-refractivity contribution is 0.472. The molecule has 0 aliphatic heterocycles. The Bertz CT molecular complexity index is 602. The molecule has 1 atom stereocenters. The van der Waals surface area contributed by atoms with Gasteiger partial charge in [0.2, 0.25) is 0 Å². The van der Waals surface area contributed by atoms with Gasteiger partial charge in [0.05, 0.1) is 0 Å². The van der Waals surface area contributed by atoms with Crippen molar-refractivity contribution in [3.05, 3.63) is 59.2 Å². The zero-order chi connectivity index (χ0) is 15.4. The molecule has 0 radical (unpaired) electrons. The second kappa shape index (κ2) is 6.77. The minimum Gasteiger partial charge on any atom is -0.457 e. The van der Waals surface area contributed by atoms with Crippen molar-refractivity contribution in [3.8, 4) is 11.5 Å². The quantitative estimate of drug-likeness (QED) is 0.855. The number of benzene rings is 2. The molecule has 0 spiro atoms. The van der Waals surface area contributed by atoms with Crippen molar-refractivity contribution in [1.29, 1.82) is 0 Å². The Morgan fingerprint density at radius 2 is 1.81 bits per heavy atom. The van der Waals surface area contributed by atoms with Crippen molar-refractivity contribution in [3.63, 3.8) is 0 Å². The highest BCUT2D eigenvalue weighted by Crippen LogP contribution is 2.31. The molecule has 2 aromatic rings. The third-order valence-electron chi connectivity index (χ3n) is 3.48. The van der Waals surface area contributed by atoms with Crippen molar-refractivity contribution < 1.29 is 4.74 Å². The second-order valence-corrected chi connectivity index (χ2v) is 6.13. The number of rotatable bonds is 5. The Morgan fingerprint density at radius 1 is 1.05 bits per heavy atom. The average molecular weight is 283 g/mol. The molecule has 2 aromatic carbocycles. The standard InChI is InChI=1S/C19H25NO/c1-13(2)18-9-8-14(3)10-19(18)21-17-7-5-6-16(12-17)11-15(4)20/h5-10,12-13,15H,11,20H2,1-4H3. The summed E-state index contributed by atoms with van der Waals surface area (Å²) >= 11 is 0. The van der Waals surface area contributed by atoms with Gasteiger partial charge in [0.1, 0.15) is 11.5 Å². The first-order valence-corrected chi connectivity index (χ1v) is 7.58. The summed E-state index contributed by atoms with van der Waals surface area (Å²) in [5.74, 6) is 2.26. The molecule has 2 nitrogen and oxygen atoms in total. The fourth-order valence-electron chi connectivity index (χ4n) is 2.44. The summed E-state index contributed by atoms with van der Waals surface area (Å²) in [5, 5.41) is 0. The molecule has 0 saturated heterocycles. The molecule has 0 saturated carbocycles. The predicted molar refractivity (Wildman–Crippen MR) is 89.1 cm³/mol. The van der Waals surface area contributed by atoms with Crippen molar-refractivity contribution in [2.45, 2.75) is 46.1 Å². The number of hydrogen-bond donors (Lipinski definition) is 1. The summed E-state index contributed by atoms with van der Waals surface area (Å²) in [5.41, 5.74) is 9.52. The molecule has 0 aromatic heterocycles. The van der Waals surface area contributed by atoms with Gasteiger partial charge in [-0.2, -0.15) is 0 Å². The van der Waals surface area contributed by atoms with E-state index < -0.39 is 0 Å². The minimum absolute atomic E-state index is 0.158. The fourth-order valence-corrected chi connectivity index (χ4v) is 2.44. The normalized spacial score (nSPS) is 12.5. The molecule has 0 aliphatic rings. The predicted octanol–water partition coefficient (Wildman–Crippen LogP) is 4.80. The summed E-state index contributed by atoms with van der Waals surface area (Å²) < 4.78 is 6.13. The van der Waals surface area contributed by atoms with E-state index in [1.165, 1.54) is 16.7 Å². The Balaban J connectivity index is 2.27. The first-order chi connectivity index (χ1) is 9.95. The SMILES string of the molecule is Cc1ccc(C(C)C)c(Oc2cccc(CC(C)N)c2)c1. The molecule has 0 aliphatic carbocycles. The molecule has 21 heavy (non-hydrogen) atoms. The topological polar surface area (TPSA) is 35.2 Å². The van der Waals surface area contributed by atoms with Crippen LogP contribution in [0.1, 0.15) is 43.4 Å². The first-order valence-electron chi connectivity index (χ1n) is 7.58. The summed E-state index contributed by atoms with van der Waals surface area (Å²) in [6.45, 7) is 8.47. The van der Waals surface area contributed by atoms with Crippen LogP contribution in [0.15, 0.2) is 42.5 Å². The molecule has 0 bridgehead atoms. The van der Waals surface area contributed by atoms with Crippen LogP contribution in [0.3, 0.4) is 0 Å². The van der Waals surface area contributed by atoms with Gasteiger partial charge in [-0.05, 0) is 61.1 Å². The van der Waals surface area contributed by atoms with E-state index in [0.29, 0.717) is 5.92 Å². The molecule has 0 fully saturated rings. The molecule has 112 valence electrons. The molecular weight excluding hydrogens is 258 g/mol. The third kappa shape index (κ3) is 4.33. The van der Waals surface area contributed by atoms with Crippen LogP contribution in [0, 0.1) is 6.92 Å². The van der Waals surface area contributed by atoms with Crippen LogP contribution in [-0.4, -0.2) is 6.04 Å².